The van der Waals surface area contributed by atoms with Gasteiger partial charge in [-0.1, -0.05) is 12.1 Å². The van der Waals surface area contributed by atoms with Crippen molar-refractivity contribution in [1.82, 2.24) is 5.12 Å². The zero-order valence-corrected chi connectivity index (χ0v) is 7.09. The van der Waals surface area contributed by atoms with Crippen LogP contribution < -0.4 is 0 Å². The molecule has 0 aliphatic rings. The van der Waals surface area contributed by atoms with Crippen LogP contribution in [0.2, 0.25) is 0 Å². The molecule has 0 aliphatic carbocycles. The Kier molecular flexibility index (Phi) is 2.76. The Morgan fingerprint density at radius 1 is 1.25 bits per heavy atom. The number of halogens is 2. The van der Waals surface area contributed by atoms with Crippen LogP contribution in [0.3, 0.4) is 0 Å². The van der Waals surface area contributed by atoms with Gasteiger partial charge < -0.3 is 0 Å². The van der Waals surface area contributed by atoms with E-state index in [1.54, 1.807) is 19.1 Å². The average Bonchev–Trinajstić information content (AvgIpc) is 2.04. The van der Waals surface area contributed by atoms with Crippen molar-refractivity contribution in [2.24, 2.45) is 0 Å². The van der Waals surface area contributed by atoms with Crippen LogP contribution in [0.5, 0.6) is 0 Å². The summed E-state index contributed by atoms with van der Waals surface area (Å²) in [5.41, 5.74) is 0.765. The Labute approximate surface area is 70.6 Å². The minimum Gasteiger partial charge on any atom is -0.207 e. The van der Waals surface area contributed by atoms with Gasteiger partial charge in [-0.15, -0.1) is 9.60 Å². The summed E-state index contributed by atoms with van der Waals surface area (Å²) in [5.74, 6) is -0.299. The van der Waals surface area contributed by atoms with Crippen molar-refractivity contribution < 1.29 is 8.87 Å². The predicted octanol–water partition coefficient (Wildman–Crippen LogP) is 2.70. The minimum atomic E-state index is -0.328. The zero-order chi connectivity index (χ0) is 9.14. The molecule has 0 heterocycles. The van der Waals surface area contributed by atoms with Crippen LogP contribution in [0.25, 0.3) is 0 Å². The molecule has 0 bridgehead atoms. The summed E-state index contributed by atoms with van der Waals surface area (Å²) in [6, 6.07) is 5.49. The van der Waals surface area contributed by atoms with E-state index in [0.717, 1.165) is 5.56 Å². The third kappa shape index (κ3) is 2.01. The molecule has 0 fully saturated rings. The van der Waals surface area contributed by atoms with Crippen molar-refractivity contribution in [2.75, 3.05) is 7.05 Å². The lowest BCUT2D eigenvalue weighted by molar-refractivity contribution is 0.0158. The third-order valence-electron chi connectivity index (χ3n) is 1.89. The molecule has 12 heavy (non-hydrogen) atoms. The first-order valence-corrected chi connectivity index (χ1v) is 3.75. The molecule has 0 saturated heterocycles. The molecule has 0 unspecified atom stereocenters. The maximum atomic E-state index is 12.6. The molecule has 0 saturated carbocycles. The molecular formula is C9H11F2N. The Bertz CT molecular complexity index is 243. The Morgan fingerprint density at radius 2 is 1.75 bits per heavy atom. The molecule has 0 aromatic heterocycles. The van der Waals surface area contributed by atoms with Crippen molar-refractivity contribution in [3.05, 3.63) is 35.6 Å². The summed E-state index contributed by atoms with van der Waals surface area (Å²) in [7, 11) is 1.34. The molecule has 0 amide bonds. The molecule has 0 aliphatic heterocycles. The first-order valence-electron chi connectivity index (χ1n) is 3.75. The summed E-state index contributed by atoms with van der Waals surface area (Å²) in [6.45, 7) is 1.72. The SMILES string of the molecule is C[C@@H](c1ccc(F)cc1)N(C)F. The lowest BCUT2D eigenvalue weighted by atomic mass is 10.1. The standard InChI is InChI=1S/C9H11F2N/c1-7(12(2)11)8-3-5-9(10)6-4-8/h3-7H,1-2H3/t7-/m0/s1. The molecule has 1 aromatic carbocycles. The van der Waals surface area contributed by atoms with Gasteiger partial charge in [0.15, 0.2) is 0 Å². The van der Waals surface area contributed by atoms with Gasteiger partial charge in [0.2, 0.25) is 0 Å². The fraction of sp³-hybridized carbons (Fsp3) is 0.333. The highest BCUT2D eigenvalue weighted by Gasteiger charge is 2.09. The molecule has 1 rings (SSSR count). The Balaban J connectivity index is 2.82. The van der Waals surface area contributed by atoms with Gasteiger partial charge in [-0.25, -0.2) is 4.39 Å². The first kappa shape index (κ1) is 9.13. The molecule has 1 aromatic rings. The number of rotatable bonds is 2. The number of hydrogen-bond acceptors (Lipinski definition) is 1. The van der Waals surface area contributed by atoms with E-state index in [2.05, 4.69) is 0 Å². The molecular weight excluding hydrogens is 160 g/mol. The quantitative estimate of drug-likeness (QED) is 0.618. The van der Waals surface area contributed by atoms with E-state index in [1.807, 2.05) is 0 Å². The minimum absolute atomic E-state index is 0.299. The molecule has 1 atom stereocenters. The molecule has 66 valence electrons. The van der Waals surface area contributed by atoms with Crippen LogP contribution in [0.4, 0.5) is 8.87 Å². The van der Waals surface area contributed by atoms with Gasteiger partial charge in [-0.2, -0.15) is 0 Å². The smallest absolute Gasteiger partial charge is 0.123 e. The second-order valence-corrected chi connectivity index (χ2v) is 2.75. The monoisotopic (exact) mass is 171 g/mol. The molecule has 0 N–H and O–H groups in total. The van der Waals surface area contributed by atoms with Gasteiger partial charge in [-0.05, 0) is 24.6 Å². The van der Waals surface area contributed by atoms with Crippen LogP contribution in [0.1, 0.15) is 18.5 Å². The largest absolute Gasteiger partial charge is 0.207 e. The van der Waals surface area contributed by atoms with Crippen molar-refractivity contribution in [3.63, 3.8) is 0 Å². The van der Waals surface area contributed by atoms with E-state index in [-0.39, 0.29) is 11.9 Å². The number of nitrogens with zero attached hydrogens (tertiary/aromatic N) is 1. The number of benzene rings is 1. The van der Waals surface area contributed by atoms with Gasteiger partial charge >= 0.3 is 0 Å². The molecule has 3 heteroatoms. The highest BCUT2D eigenvalue weighted by atomic mass is 19.2. The second-order valence-electron chi connectivity index (χ2n) is 2.75. The van der Waals surface area contributed by atoms with Gasteiger partial charge in [-0.3, -0.25) is 0 Å². The summed E-state index contributed by atoms with van der Waals surface area (Å²) >= 11 is 0. The van der Waals surface area contributed by atoms with Crippen LogP contribution in [0, 0.1) is 5.82 Å². The first-order chi connectivity index (χ1) is 5.61. The maximum Gasteiger partial charge on any atom is 0.123 e. The second kappa shape index (κ2) is 3.63. The van der Waals surface area contributed by atoms with E-state index in [1.165, 1.54) is 19.2 Å². The summed E-state index contributed by atoms with van der Waals surface area (Å²) in [5, 5.41) is 0.591. The van der Waals surface area contributed by atoms with Crippen molar-refractivity contribution in [3.8, 4) is 0 Å². The average molecular weight is 171 g/mol. The topological polar surface area (TPSA) is 3.24 Å². The van der Waals surface area contributed by atoms with Crippen molar-refractivity contribution >= 4 is 0 Å². The predicted molar refractivity (Wildman–Crippen MR) is 43.7 cm³/mol. The van der Waals surface area contributed by atoms with E-state index < -0.39 is 0 Å². The Hall–Kier alpha value is -0.960. The van der Waals surface area contributed by atoms with E-state index in [0.29, 0.717) is 5.12 Å². The van der Waals surface area contributed by atoms with E-state index in [4.69, 9.17) is 0 Å². The molecule has 0 spiro atoms. The van der Waals surface area contributed by atoms with Crippen LogP contribution in [-0.4, -0.2) is 12.2 Å². The fourth-order valence-electron chi connectivity index (χ4n) is 0.947. The normalized spacial score (nSPS) is 13.4. The van der Waals surface area contributed by atoms with Gasteiger partial charge in [0, 0.05) is 7.05 Å². The fourth-order valence-corrected chi connectivity index (χ4v) is 0.947. The van der Waals surface area contributed by atoms with Gasteiger partial charge in [0.05, 0.1) is 6.04 Å². The number of hydrogen-bond donors (Lipinski definition) is 0. The van der Waals surface area contributed by atoms with Gasteiger partial charge in [0.1, 0.15) is 5.82 Å². The van der Waals surface area contributed by atoms with Crippen LogP contribution in [0.15, 0.2) is 24.3 Å². The van der Waals surface area contributed by atoms with Crippen LogP contribution in [-0.2, 0) is 0 Å². The molecule has 1 nitrogen and oxygen atoms in total. The van der Waals surface area contributed by atoms with Crippen molar-refractivity contribution in [2.45, 2.75) is 13.0 Å². The Morgan fingerprint density at radius 3 is 2.17 bits per heavy atom. The molecule has 0 radical (unpaired) electrons. The van der Waals surface area contributed by atoms with Gasteiger partial charge in [0.25, 0.3) is 0 Å². The lowest BCUT2D eigenvalue weighted by Gasteiger charge is -2.15. The van der Waals surface area contributed by atoms with E-state index >= 15 is 0 Å². The summed E-state index contributed by atoms with van der Waals surface area (Å²) in [6.07, 6.45) is 0. The zero-order valence-electron chi connectivity index (χ0n) is 7.09. The van der Waals surface area contributed by atoms with Crippen molar-refractivity contribution in [1.29, 1.82) is 0 Å². The summed E-state index contributed by atoms with van der Waals surface area (Å²) in [4.78, 5) is 0. The van der Waals surface area contributed by atoms with E-state index in [9.17, 15) is 8.87 Å². The van der Waals surface area contributed by atoms with Crippen LogP contribution >= 0.6 is 0 Å². The maximum absolute atomic E-state index is 12.6. The summed E-state index contributed by atoms with van der Waals surface area (Å²) < 4.78 is 25.1. The lowest BCUT2D eigenvalue weighted by Crippen LogP contribution is -2.11. The third-order valence-corrected chi connectivity index (χ3v) is 1.89. The highest BCUT2D eigenvalue weighted by molar-refractivity contribution is 5.18. The highest BCUT2D eigenvalue weighted by Crippen LogP contribution is 2.18.